The number of nitrogens with zero attached hydrogens (tertiary/aromatic N) is 2. The number of rotatable bonds is 4. The number of benzene rings is 7. The van der Waals surface area contributed by atoms with Gasteiger partial charge >= 0.3 is 0 Å². The van der Waals surface area contributed by atoms with Crippen molar-refractivity contribution in [1.29, 1.82) is 0 Å². The number of allylic oxidation sites excluding steroid dienone is 1. The summed E-state index contributed by atoms with van der Waals surface area (Å²) in [6.45, 7) is 2.28. The van der Waals surface area contributed by atoms with Gasteiger partial charge in [-0.25, -0.2) is 0 Å². The van der Waals surface area contributed by atoms with Gasteiger partial charge in [-0.15, -0.1) is 0 Å². The fourth-order valence-corrected chi connectivity index (χ4v) is 8.75. The summed E-state index contributed by atoms with van der Waals surface area (Å²) in [7, 11) is 0. The number of furan rings is 1. The molecule has 0 aliphatic heterocycles. The second kappa shape index (κ2) is 11.2. The first-order valence-electron chi connectivity index (χ1n) is 18.2. The Balaban J connectivity index is 1.14. The minimum absolute atomic E-state index is 0.474. The summed E-state index contributed by atoms with van der Waals surface area (Å²) < 4.78 is 11.3. The fraction of sp³-hybridized carbons (Fsp3) is 0.0612. The summed E-state index contributed by atoms with van der Waals surface area (Å²) in [4.78, 5) is 0. The highest BCUT2D eigenvalue weighted by molar-refractivity contribution is 6.13. The zero-order valence-corrected chi connectivity index (χ0v) is 28.8. The van der Waals surface area contributed by atoms with Crippen LogP contribution >= 0.6 is 0 Å². The van der Waals surface area contributed by atoms with Gasteiger partial charge in [-0.2, -0.15) is 0 Å². The van der Waals surface area contributed by atoms with Crippen molar-refractivity contribution in [3.05, 3.63) is 175 Å². The summed E-state index contributed by atoms with van der Waals surface area (Å²) in [5.74, 6) is 1.46. The highest BCUT2D eigenvalue weighted by Crippen LogP contribution is 2.43. The molecule has 0 N–H and O–H groups in total. The Hall–Kier alpha value is -6.58. The molecule has 3 heterocycles. The van der Waals surface area contributed by atoms with E-state index in [1.807, 2.05) is 0 Å². The van der Waals surface area contributed by atoms with Crippen molar-refractivity contribution in [2.24, 2.45) is 5.92 Å². The Morgan fingerprint density at radius 1 is 0.519 bits per heavy atom. The van der Waals surface area contributed by atoms with Crippen molar-refractivity contribution >= 4 is 60.7 Å². The quantitative estimate of drug-likeness (QED) is 0.183. The van der Waals surface area contributed by atoms with Gasteiger partial charge in [0, 0.05) is 43.7 Å². The van der Waals surface area contributed by atoms with Gasteiger partial charge in [0.1, 0.15) is 11.3 Å². The van der Waals surface area contributed by atoms with Gasteiger partial charge in [-0.05, 0) is 89.7 Å². The van der Waals surface area contributed by atoms with E-state index in [-0.39, 0.29) is 0 Å². The molecule has 0 bridgehead atoms. The van der Waals surface area contributed by atoms with Crippen LogP contribution in [0.2, 0.25) is 0 Å². The third kappa shape index (κ3) is 4.26. The molecule has 3 nitrogen and oxygen atoms in total. The molecule has 1 aliphatic carbocycles. The Bertz CT molecular complexity index is 3060. The minimum atomic E-state index is 0.474. The van der Waals surface area contributed by atoms with Crippen LogP contribution in [0.25, 0.3) is 94.3 Å². The van der Waals surface area contributed by atoms with Gasteiger partial charge in [0.15, 0.2) is 0 Å². The molecule has 3 aromatic heterocycles. The lowest BCUT2D eigenvalue weighted by Crippen LogP contribution is -2.02. The molecule has 52 heavy (non-hydrogen) atoms. The Labute approximate surface area is 301 Å². The smallest absolute Gasteiger partial charge is 0.135 e. The Morgan fingerprint density at radius 2 is 1.17 bits per heavy atom. The van der Waals surface area contributed by atoms with Crippen LogP contribution in [0, 0.1) is 5.92 Å². The zero-order chi connectivity index (χ0) is 34.3. The maximum absolute atomic E-state index is 6.43. The number of hydrogen-bond donors (Lipinski definition) is 0. The molecule has 246 valence electrons. The molecule has 1 atom stereocenters. The molecule has 1 unspecified atom stereocenters. The van der Waals surface area contributed by atoms with E-state index in [0.29, 0.717) is 5.92 Å². The number of aromatic nitrogens is 2. The van der Waals surface area contributed by atoms with E-state index < -0.39 is 0 Å². The first-order valence-corrected chi connectivity index (χ1v) is 18.2. The van der Waals surface area contributed by atoms with E-state index in [1.54, 1.807) is 0 Å². The summed E-state index contributed by atoms with van der Waals surface area (Å²) in [5.41, 5.74) is 14.2. The second-order valence-corrected chi connectivity index (χ2v) is 14.2. The molecule has 0 saturated heterocycles. The minimum Gasteiger partial charge on any atom is -0.456 e. The van der Waals surface area contributed by atoms with E-state index in [2.05, 4.69) is 186 Å². The van der Waals surface area contributed by atoms with Gasteiger partial charge in [0.2, 0.25) is 0 Å². The van der Waals surface area contributed by atoms with Gasteiger partial charge in [-0.1, -0.05) is 116 Å². The van der Waals surface area contributed by atoms with Crippen LogP contribution in [-0.4, -0.2) is 9.13 Å². The molecule has 1 aliphatic rings. The van der Waals surface area contributed by atoms with E-state index >= 15 is 0 Å². The molecule has 10 aromatic rings. The standard InChI is InChI=1S/C49H34N2O/c1-31-22-27-47-41(28-31)49-39(17-11-21-48(49)52-47)36-15-6-10-20-44(36)51-43-19-9-5-14-35(43)38-25-23-33(30-46(38)51)32-24-26-45-40(29-32)37-16-7-8-18-42(37)50(45)34-12-3-2-4-13-34/h2-27,29-31H,28H2,1H3. The largest absolute Gasteiger partial charge is 0.456 e. The van der Waals surface area contributed by atoms with Gasteiger partial charge < -0.3 is 13.6 Å². The van der Waals surface area contributed by atoms with Crippen molar-refractivity contribution in [2.45, 2.75) is 13.3 Å². The predicted octanol–water partition coefficient (Wildman–Crippen LogP) is 13.2. The lowest BCUT2D eigenvalue weighted by molar-refractivity contribution is 0.584. The van der Waals surface area contributed by atoms with E-state index in [9.17, 15) is 0 Å². The van der Waals surface area contributed by atoms with Crippen molar-refractivity contribution in [1.82, 2.24) is 9.13 Å². The summed E-state index contributed by atoms with van der Waals surface area (Å²) in [6, 6.07) is 57.5. The van der Waals surface area contributed by atoms with Crippen molar-refractivity contribution in [3.63, 3.8) is 0 Å². The third-order valence-electron chi connectivity index (χ3n) is 11.1. The van der Waals surface area contributed by atoms with Crippen molar-refractivity contribution in [2.75, 3.05) is 0 Å². The van der Waals surface area contributed by atoms with Crippen LogP contribution in [0.3, 0.4) is 0 Å². The molecule has 0 saturated carbocycles. The molecule has 0 radical (unpaired) electrons. The maximum atomic E-state index is 6.43. The molecule has 11 rings (SSSR count). The van der Waals surface area contributed by atoms with E-state index in [1.165, 1.54) is 82.5 Å². The SMILES string of the molecule is CC1C=Cc2oc3cccc(-c4ccccc4-n4c5ccccc5c5ccc(-c6ccc7c(c6)c6ccccc6n7-c6ccccc6)cc54)c3c2C1. The lowest BCUT2D eigenvalue weighted by atomic mass is 9.90. The van der Waals surface area contributed by atoms with Gasteiger partial charge in [0.25, 0.3) is 0 Å². The molecule has 3 heteroatoms. The van der Waals surface area contributed by atoms with Crippen LogP contribution in [0.5, 0.6) is 0 Å². The Morgan fingerprint density at radius 3 is 2.04 bits per heavy atom. The van der Waals surface area contributed by atoms with E-state index in [0.717, 1.165) is 23.5 Å². The maximum Gasteiger partial charge on any atom is 0.135 e. The van der Waals surface area contributed by atoms with Crippen LogP contribution < -0.4 is 0 Å². The van der Waals surface area contributed by atoms with E-state index in [4.69, 9.17) is 4.42 Å². The van der Waals surface area contributed by atoms with Crippen LogP contribution in [-0.2, 0) is 6.42 Å². The molecule has 0 amide bonds. The Kier molecular flexibility index (Phi) is 6.29. The van der Waals surface area contributed by atoms with Crippen LogP contribution in [0.1, 0.15) is 18.2 Å². The number of para-hydroxylation sites is 4. The van der Waals surface area contributed by atoms with Crippen molar-refractivity contribution < 1.29 is 4.42 Å². The average Bonchev–Trinajstić information content (AvgIpc) is 3.85. The fourth-order valence-electron chi connectivity index (χ4n) is 8.75. The van der Waals surface area contributed by atoms with Crippen LogP contribution in [0.4, 0.5) is 0 Å². The summed E-state index contributed by atoms with van der Waals surface area (Å²) in [6.07, 6.45) is 5.39. The predicted molar refractivity (Wildman–Crippen MR) is 218 cm³/mol. The van der Waals surface area contributed by atoms with Crippen LogP contribution in [0.15, 0.2) is 168 Å². The monoisotopic (exact) mass is 666 g/mol. The first-order chi connectivity index (χ1) is 25.7. The highest BCUT2D eigenvalue weighted by Gasteiger charge is 2.23. The lowest BCUT2D eigenvalue weighted by Gasteiger charge is -2.16. The average molecular weight is 667 g/mol. The highest BCUT2D eigenvalue weighted by atomic mass is 16.3. The van der Waals surface area contributed by atoms with Crippen molar-refractivity contribution in [3.8, 4) is 33.6 Å². The summed E-state index contributed by atoms with van der Waals surface area (Å²) in [5, 5.41) is 6.23. The zero-order valence-electron chi connectivity index (χ0n) is 28.8. The molecular weight excluding hydrogens is 633 g/mol. The normalized spacial score (nSPS) is 14.3. The second-order valence-electron chi connectivity index (χ2n) is 14.2. The first kappa shape index (κ1) is 29.2. The topological polar surface area (TPSA) is 23.0 Å². The summed E-state index contributed by atoms with van der Waals surface area (Å²) >= 11 is 0. The van der Waals surface area contributed by atoms with Gasteiger partial charge in [0.05, 0.1) is 27.8 Å². The number of fused-ring (bicyclic) bond motifs is 9. The van der Waals surface area contributed by atoms with Gasteiger partial charge in [-0.3, -0.25) is 0 Å². The molecule has 0 spiro atoms. The number of hydrogen-bond acceptors (Lipinski definition) is 1. The third-order valence-corrected chi connectivity index (χ3v) is 11.1. The molecule has 0 fully saturated rings. The molecular formula is C49H34N2O. The molecule has 7 aromatic carbocycles.